The van der Waals surface area contributed by atoms with Crippen LogP contribution in [0.3, 0.4) is 0 Å². The fourth-order valence-electron chi connectivity index (χ4n) is 3.76. The van der Waals surface area contributed by atoms with Gasteiger partial charge in [0.2, 0.25) is 0 Å². The number of aliphatic carboxylic acids is 1. The third-order valence-electron chi connectivity index (χ3n) is 4.94. The first-order valence-electron chi connectivity index (χ1n) is 8.27. The summed E-state index contributed by atoms with van der Waals surface area (Å²) < 4.78 is 1.22. The minimum absolute atomic E-state index is 0.130. The Balaban J connectivity index is 1.72. The van der Waals surface area contributed by atoms with Gasteiger partial charge in [-0.3, -0.25) is 10.1 Å². The quantitative estimate of drug-likeness (QED) is 0.512. The van der Waals surface area contributed by atoms with Gasteiger partial charge in [0, 0.05) is 32.6 Å². The minimum Gasteiger partial charge on any atom is -0.480 e. The zero-order chi connectivity index (χ0) is 17.0. The molecule has 1 aliphatic heterocycles. The number of para-hydroxylation sites is 1. The number of rotatable bonds is 2. The fourth-order valence-corrected chi connectivity index (χ4v) is 4.90. The van der Waals surface area contributed by atoms with E-state index in [1.54, 1.807) is 11.3 Å². The van der Waals surface area contributed by atoms with Crippen LogP contribution in [0.1, 0.15) is 22.2 Å². The van der Waals surface area contributed by atoms with Crippen molar-refractivity contribution >= 4 is 38.3 Å². The summed E-state index contributed by atoms with van der Waals surface area (Å²) in [6.45, 7) is 0. The molecular weight excluding hydrogens is 332 g/mol. The number of aromatic amines is 1. The average Bonchev–Trinajstić information content (AvgIpc) is 3.22. The van der Waals surface area contributed by atoms with Gasteiger partial charge in [0.1, 0.15) is 6.04 Å². The lowest BCUT2D eigenvalue weighted by Crippen LogP contribution is -2.44. The molecule has 0 saturated heterocycles. The average molecular weight is 348 g/mol. The number of aromatic nitrogens is 1. The van der Waals surface area contributed by atoms with E-state index in [2.05, 4.69) is 34.6 Å². The zero-order valence-corrected chi connectivity index (χ0v) is 14.1. The van der Waals surface area contributed by atoms with Gasteiger partial charge in [0.05, 0.1) is 6.04 Å². The molecule has 4 nitrogen and oxygen atoms in total. The number of hydrogen-bond acceptors (Lipinski definition) is 3. The lowest BCUT2D eigenvalue weighted by molar-refractivity contribution is -0.139. The Morgan fingerprint density at radius 3 is 2.76 bits per heavy atom. The van der Waals surface area contributed by atoms with E-state index in [1.165, 1.54) is 10.1 Å². The predicted octanol–water partition coefficient (Wildman–Crippen LogP) is 4.07. The Bertz CT molecular complexity index is 1080. The van der Waals surface area contributed by atoms with Crippen LogP contribution in [0.2, 0.25) is 0 Å². The van der Waals surface area contributed by atoms with Crippen LogP contribution >= 0.6 is 11.3 Å². The van der Waals surface area contributed by atoms with E-state index in [9.17, 15) is 9.90 Å². The van der Waals surface area contributed by atoms with Gasteiger partial charge in [-0.25, -0.2) is 0 Å². The second-order valence-electron chi connectivity index (χ2n) is 6.44. The Morgan fingerprint density at radius 1 is 1.12 bits per heavy atom. The van der Waals surface area contributed by atoms with Crippen molar-refractivity contribution in [2.75, 3.05) is 0 Å². The van der Waals surface area contributed by atoms with Gasteiger partial charge in [0.15, 0.2) is 0 Å². The first-order valence-corrected chi connectivity index (χ1v) is 9.09. The normalized spacial score (nSPS) is 20.0. The fraction of sp³-hybridized carbons (Fsp3) is 0.150. The van der Waals surface area contributed by atoms with Crippen molar-refractivity contribution < 1.29 is 9.90 Å². The Kier molecular flexibility index (Phi) is 3.20. The standard InChI is InChI=1S/C20H16N2O2S/c23-20(24)15-10-13-12-6-2-3-7-14(12)21-18(13)19(22-15)17-9-11-5-1-4-8-16(11)25-17/h1-9,15,19,21-22H,10H2,(H,23,24). The summed E-state index contributed by atoms with van der Waals surface area (Å²) in [7, 11) is 0. The van der Waals surface area contributed by atoms with Crippen LogP contribution in [0.4, 0.5) is 0 Å². The third-order valence-corrected chi connectivity index (χ3v) is 6.12. The van der Waals surface area contributed by atoms with E-state index in [0.29, 0.717) is 6.42 Å². The van der Waals surface area contributed by atoms with E-state index in [4.69, 9.17) is 0 Å². The topological polar surface area (TPSA) is 65.1 Å². The summed E-state index contributed by atoms with van der Waals surface area (Å²) in [5.74, 6) is -0.804. The van der Waals surface area contributed by atoms with Gasteiger partial charge in [0.25, 0.3) is 0 Å². The van der Waals surface area contributed by atoms with Crippen LogP contribution in [-0.4, -0.2) is 22.1 Å². The molecule has 2 aromatic carbocycles. The second-order valence-corrected chi connectivity index (χ2v) is 7.56. The van der Waals surface area contributed by atoms with Crippen LogP contribution in [0, 0.1) is 0 Å². The summed E-state index contributed by atoms with van der Waals surface area (Å²) in [5.41, 5.74) is 3.26. The molecular formula is C20H16N2O2S. The molecule has 0 aliphatic carbocycles. The van der Waals surface area contributed by atoms with E-state index in [0.717, 1.165) is 27.0 Å². The minimum atomic E-state index is -0.804. The Labute approximate surface area is 148 Å². The SMILES string of the molecule is O=C(O)C1Cc2c([nH]c3ccccc23)C(c2cc3ccccc3s2)N1. The number of carboxylic acids is 1. The third kappa shape index (κ3) is 2.27. The molecule has 0 spiro atoms. The molecule has 2 atom stereocenters. The molecule has 4 aromatic rings. The Hall–Kier alpha value is -2.63. The largest absolute Gasteiger partial charge is 0.480 e. The molecule has 1 aliphatic rings. The van der Waals surface area contributed by atoms with Gasteiger partial charge in [-0.2, -0.15) is 0 Å². The molecule has 0 amide bonds. The second kappa shape index (κ2) is 5.44. The molecule has 0 saturated carbocycles. The molecule has 0 fully saturated rings. The highest BCUT2D eigenvalue weighted by Crippen LogP contribution is 2.39. The molecule has 2 aromatic heterocycles. The van der Waals surface area contributed by atoms with Crippen molar-refractivity contribution in [2.45, 2.75) is 18.5 Å². The lowest BCUT2D eigenvalue weighted by Gasteiger charge is -2.28. The van der Waals surface area contributed by atoms with Crippen LogP contribution in [0.25, 0.3) is 21.0 Å². The summed E-state index contributed by atoms with van der Waals surface area (Å²) in [5, 5.41) is 15.3. The van der Waals surface area contributed by atoms with Crippen molar-refractivity contribution in [1.29, 1.82) is 0 Å². The molecule has 5 heteroatoms. The number of carbonyl (C=O) groups is 1. The number of fused-ring (bicyclic) bond motifs is 4. The predicted molar refractivity (Wildman–Crippen MR) is 100 cm³/mol. The summed E-state index contributed by atoms with van der Waals surface area (Å²) in [6.07, 6.45) is 0.496. The maximum atomic E-state index is 11.7. The molecule has 25 heavy (non-hydrogen) atoms. The number of thiophene rings is 1. The smallest absolute Gasteiger partial charge is 0.321 e. The number of benzene rings is 2. The Morgan fingerprint density at radius 2 is 1.92 bits per heavy atom. The maximum Gasteiger partial charge on any atom is 0.321 e. The first kappa shape index (κ1) is 14.7. The monoisotopic (exact) mass is 348 g/mol. The van der Waals surface area contributed by atoms with Crippen LogP contribution in [0.15, 0.2) is 54.6 Å². The summed E-state index contributed by atoms with van der Waals surface area (Å²) >= 11 is 1.72. The van der Waals surface area contributed by atoms with Crippen molar-refractivity contribution in [3.05, 3.63) is 70.7 Å². The molecule has 0 radical (unpaired) electrons. The van der Waals surface area contributed by atoms with Gasteiger partial charge < -0.3 is 10.1 Å². The molecule has 124 valence electrons. The zero-order valence-electron chi connectivity index (χ0n) is 13.3. The van der Waals surface area contributed by atoms with E-state index in [-0.39, 0.29) is 6.04 Å². The number of nitrogens with one attached hydrogen (secondary N) is 2. The summed E-state index contributed by atoms with van der Waals surface area (Å²) in [4.78, 5) is 16.4. The van der Waals surface area contributed by atoms with Crippen LogP contribution in [0.5, 0.6) is 0 Å². The highest BCUT2D eigenvalue weighted by molar-refractivity contribution is 7.19. The molecule has 3 N–H and O–H groups in total. The number of H-pyrrole nitrogens is 1. The summed E-state index contributed by atoms with van der Waals surface area (Å²) in [6, 6.07) is 17.8. The first-order chi connectivity index (χ1) is 12.2. The van der Waals surface area contributed by atoms with Crippen LogP contribution < -0.4 is 5.32 Å². The van der Waals surface area contributed by atoms with E-state index in [1.807, 2.05) is 30.3 Å². The lowest BCUT2D eigenvalue weighted by atomic mass is 9.93. The highest BCUT2D eigenvalue weighted by atomic mass is 32.1. The molecule has 5 rings (SSSR count). The number of hydrogen-bond donors (Lipinski definition) is 3. The van der Waals surface area contributed by atoms with Gasteiger partial charge in [-0.1, -0.05) is 36.4 Å². The van der Waals surface area contributed by atoms with Gasteiger partial charge >= 0.3 is 5.97 Å². The molecule has 3 heterocycles. The number of carboxylic acid groups (broad SMARTS) is 1. The van der Waals surface area contributed by atoms with Gasteiger partial charge in [-0.05, 0) is 29.1 Å². The van der Waals surface area contributed by atoms with Crippen molar-refractivity contribution in [2.24, 2.45) is 0 Å². The van der Waals surface area contributed by atoms with Crippen molar-refractivity contribution in [3.63, 3.8) is 0 Å². The van der Waals surface area contributed by atoms with Crippen molar-refractivity contribution in [3.8, 4) is 0 Å². The van der Waals surface area contributed by atoms with E-state index >= 15 is 0 Å². The highest BCUT2D eigenvalue weighted by Gasteiger charge is 2.34. The van der Waals surface area contributed by atoms with Crippen molar-refractivity contribution in [1.82, 2.24) is 10.3 Å². The molecule has 2 unspecified atom stereocenters. The van der Waals surface area contributed by atoms with E-state index < -0.39 is 12.0 Å². The molecule has 0 bridgehead atoms. The maximum absolute atomic E-state index is 11.7. The van der Waals surface area contributed by atoms with Gasteiger partial charge in [-0.15, -0.1) is 11.3 Å². The van der Waals surface area contributed by atoms with Crippen LogP contribution in [-0.2, 0) is 11.2 Å².